The summed E-state index contributed by atoms with van der Waals surface area (Å²) in [6.45, 7) is 2.19. The molecule has 0 saturated heterocycles. The van der Waals surface area contributed by atoms with E-state index in [1.807, 2.05) is 0 Å². The minimum absolute atomic E-state index is 0. The van der Waals surface area contributed by atoms with Crippen LogP contribution >= 0.6 is 0 Å². The van der Waals surface area contributed by atoms with Crippen molar-refractivity contribution < 1.29 is 40.8 Å². The zero-order valence-corrected chi connectivity index (χ0v) is 6.51. The fraction of sp³-hybridized carbons (Fsp3) is 0.600. The Kier molecular flexibility index (Phi) is 70.7. The molecule has 0 amide bonds. The van der Waals surface area contributed by atoms with Crippen molar-refractivity contribution in [2.75, 3.05) is 0 Å². The molecule has 0 aliphatic rings. The van der Waals surface area contributed by atoms with Crippen LogP contribution in [-0.4, -0.2) is 38.3 Å². The lowest BCUT2D eigenvalue weighted by molar-refractivity contribution is -0.231. The predicted molar refractivity (Wildman–Crippen MR) is 43.3 cm³/mol. The van der Waals surface area contributed by atoms with Crippen LogP contribution in [0.1, 0.15) is 21.3 Å². The van der Waals surface area contributed by atoms with Gasteiger partial charge in [0.1, 0.15) is 0 Å². The van der Waals surface area contributed by atoms with Crippen LogP contribution in [0.4, 0.5) is 0 Å². The Morgan fingerprint density at radius 1 is 1.15 bits per heavy atom. The van der Waals surface area contributed by atoms with Crippen LogP contribution in [-0.2, 0) is 14.5 Å². The number of rotatable bonds is 0. The summed E-state index contributed by atoms with van der Waals surface area (Å²) in [6, 6.07) is 0. The highest BCUT2D eigenvalue weighted by molar-refractivity contribution is 5.64. The summed E-state index contributed by atoms with van der Waals surface area (Å²) in [4.78, 5) is 21.5. The highest BCUT2D eigenvalue weighted by Crippen LogP contribution is 1.59. The number of hydrogen-bond acceptors (Lipinski definition) is 6. The Bertz CT molecular complexity index is 96.7. The molecule has 13 heavy (non-hydrogen) atoms. The van der Waals surface area contributed by atoms with Crippen molar-refractivity contribution in [2.24, 2.45) is 0 Å². The summed E-state index contributed by atoms with van der Waals surface area (Å²) in [5.74, 6) is -1.52. The molecule has 8 nitrogen and oxygen atoms in total. The van der Waals surface area contributed by atoms with E-state index in [1.54, 1.807) is 0 Å². The Morgan fingerprint density at radius 3 is 1.23 bits per heavy atom. The Morgan fingerprint density at radius 2 is 1.23 bits per heavy atom. The molecular formula is C5H16O8. The first-order valence-corrected chi connectivity index (χ1v) is 2.22. The molecule has 0 atom stereocenters. The van der Waals surface area contributed by atoms with Gasteiger partial charge in [-0.3, -0.25) is 15.3 Å². The highest BCUT2D eigenvalue weighted by Gasteiger charge is 1.79. The summed E-state index contributed by atoms with van der Waals surface area (Å²) in [5.41, 5.74) is 0. The van der Waals surface area contributed by atoms with Gasteiger partial charge in [0.2, 0.25) is 0 Å². The van der Waals surface area contributed by atoms with Gasteiger partial charge in [0.05, 0.1) is 0 Å². The average molecular weight is 204 g/mol. The minimum Gasteiger partial charge on any atom is -0.481 e. The number of aliphatic carboxylic acids is 1. The zero-order chi connectivity index (χ0) is 9.86. The SMILES string of the molecule is C.CC(=O)O.CC(=O)OO.O.OO. The van der Waals surface area contributed by atoms with E-state index in [1.165, 1.54) is 0 Å². The van der Waals surface area contributed by atoms with Crippen LogP contribution in [0, 0.1) is 0 Å². The summed E-state index contributed by atoms with van der Waals surface area (Å²) in [5, 5.41) is 26.7. The summed E-state index contributed by atoms with van der Waals surface area (Å²) in [7, 11) is 0. The van der Waals surface area contributed by atoms with Crippen molar-refractivity contribution >= 4 is 11.9 Å². The molecule has 0 saturated carbocycles. The number of carboxylic acid groups (broad SMARTS) is 1. The maximum absolute atomic E-state index is 9.34. The maximum atomic E-state index is 9.34. The van der Waals surface area contributed by atoms with Crippen LogP contribution in [0.25, 0.3) is 0 Å². The van der Waals surface area contributed by atoms with Gasteiger partial charge in [-0.05, 0) is 0 Å². The van der Waals surface area contributed by atoms with Crippen LogP contribution in [0.2, 0.25) is 0 Å². The van der Waals surface area contributed by atoms with Crippen molar-refractivity contribution in [3.63, 3.8) is 0 Å². The van der Waals surface area contributed by atoms with E-state index >= 15 is 0 Å². The third-order valence-electron chi connectivity index (χ3n) is 0.129. The van der Waals surface area contributed by atoms with Crippen molar-refractivity contribution in [1.29, 1.82) is 0 Å². The van der Waals surface area contributed by atoms with Crippen LogP contribution in [0.15, 0.2) is 0 Å². The summed E-state index contributed by atoms with van der Waals surface area (Å²) in [6.07, 6.45) is 0. The van der Waals surface area contributed by atoms with Crippen molar-refractivity contribution in [2.45, 2.75) is 21.3 Å². The molecular weight excluding hydrogens is 188 g/mol. The summed E-state index contributed by atoms with van der Waals surface area (Å²) < 4.78 is 0. The normalized spacial score (nSPS) is 5.00. The first-order chi connectivity index (χ1) is 5.00. The molecule has 0 aromatic rings. The Labute approximate surface area is 75.2 Å². The van der Waals surface area contributed by atoms with Crippen molar-refractivity contribution in [3.05, 3.63) is 0 Å². The standard InChI is InChI=1S/C2H4O3.C2H4O2.CH4.H2O2.H2O/c1-2(3)5-4;1-2(3)4;;1-2;/h4H,1H3;1H3,(H,3,4);1H4;1-2H;1H2. The molecule has 0 heterocycles. The van der Waals surface area contributed by atoms with Gasteiger partial charge < -0.3 is 15.5 Å². The topological polar surface area (TPSA) is 156 Å². The van der Waals surface area contributed by atoms with E-state index < -0.39 is 11.9 Å². The second-order valence-corrected chi connectivity index (χ2v) is 1.10. The van der Waals surface area contributed by atoms with Crippen molar-refractivity contribution in [1.82, 2.24) is 0 Å². The fourth-order valence-corrected chi connectivity index (χ4v) is 0. The molecule has 6 N–H and O–H groups in total. The highest BCUT2D eigenvalue weighted by atomic mass is 17.1. The Hall–Kier alpha value is -1.22. The third-order valence-corrected chi connectivity index (χ3v) is 0.129. The number of hydrogen-bond donors (Lipinski definition) is 4. The molecule has 0 rings (SSSR count). The van der Waals surface area contributed by atoms with E-state index in [4.69, 9.17) is 25.7 Å². The van der Waals surface area contributed by atoms with Crippen LogP contribution < -0.4 is 0 Å². The number of carbonyl (C=O) groups excluding carboxylic acids is 1. The van der Waals surface area contributed by atoms with E-state index in [9.17, 15) is 4.79 Å². The van der Waals surface area contributed by atoms with Gasteiger partial charge in [-0.25, -0.2) is 4.79 Å². The number of carboxylic acids is 1. The number of carbonyl (C=O) groups is 2. The largest absolute Gasteiger partial charge is 0.481 e. The molecule has 0 radical (unpaired) electrons. The van der Waals surface area contributed by atoms with E-state index in [0.29, 0.717) is 0 Å². The Balaban J connectivity index is -0.0000000246. The second-order valence-electron chi connectivity index (χ2n) is 1.10. The van der Waals surface area contributed by atoms with E-state index in [0.717, 1.165) is 13.8 Å². The zero-order valence-electron chi connectivity index (χ0n) is 6.51. The molecule has 0 bridgehead atoms. The van der Waals surface area contributed by atoms with Gasteiger partial charge in [0.25, 0.3) is 5.97 Å². The van der Waals surface area contributed by atoms with E-state index in [-0.39, 0.29) is 12.9 Å². The lowest BCUT2D eigenvalue weighted by atomic mass is 10.9. The molecule has 8 heteroatoms. The van der Waals surface area contributed by atoms with Crippen LogP contribution in [0.3, 0.4) is 0 Å². The molecule has 0 aromatic carbocycles. The van der Waals surface area contributed by atoms with Gasteiger partial charge in [-0.15, -0.1) is 0 Å². The average Bonchev–Trinajstić information content (AvgIpc) is 1.91. The van der Waals surface area contributed by atoms with Gasteiger partial charge in [0, 0.05) is 13.8 Å². The van der Waals surface area contributed by atoms with E-state index in [2.05, 4.69) is 4.89 Å². The lowest BCUT2D eigenvalue weighted by Crippen LogP contribution is -1.89. The minimum atomic E-state index is -0.833. The second kappa shape index (κ2) is 30.9. The van der Waals surface area contributed by atoms with Gasteiger partial charge in [-0.1, -0.05) is 7.43 Å². The monoisotopic (exact) mass is 204 g/mol. The third kappa shape index (κ3) is 1370. The first-order valence-electron chi connectivity index (χ1n) is 2.22. The first kappa shape index (κ1) is 29.8. The molecule has 0 aromatic heterocycles. The molecule has 0 spiro atoms. The van der Waals surface area contributed by atoms with Crippen LogP contribution in [0.5, 0.6) is 0 Å². The molecule has 0 aliphatic carbocycles. The molecule has 0 aliphatic heterocycles. The maximum Gasteiger partial charge on any atom is 0.339 e. The smallest absolute Gasteiger partial charge is 0.339 e. The quantitative estimate of drug-likeness (QED) is 0.318. The predicted octanol–water partition coefficient (Wildman–Crippen LogP) is -0.0578. The van der Waals surface area contributed by atoms with Gasteiger partial charge in [-0.2, -0.15) is 5.26 Å². The van der Waals surface area contributed by atoms with Crippen molar-refractivity contribution in [3.8, 4) is 0 Å². The molecule has 0 fully saturated rings. The van der Waals surface area contributed by atoms with Gasteiger partial charge >= 0.3 is 5.97 Å². The summed E-state index contributed by atoms with van der Waals surface area (Å²) >= 11 is 0. The van der Waals surface area contributed by atoms with Gasteiger partial charge in [0.15, 0.2) is 0 Å². The lowest BCUT2D eigenvalue weighted by Gasteiger charge is -1.76. The molecule has 84 valence electrons. The fourth-order valence-electron chi connectivity index (χ4n) is 0. The molecule has 0 unspecified atom stereocenters.